The highest BCUT2D eigenvalue weighted by Gasteiger charge is 2.23. The number of hydrogen-bond acceptors (Lipinski definition) is 6. The number of nitrogens with one attached hydrogen (secondary N) is 1. The number of amides is 1. The van der Waals surface area contributed by atoms with E-state index in [0.717, 1.165) is 19.0 Å². The van der Waals surface area contributed by atoms with Gasteiger partial charge in [-0.15, -0.1) is 10.2 Å². The van der Waals surface area contributed by atoms with E-state index in [4.69, 9.17) is 4.74 Å². The molecule has 2 aromatic rings. The number of hydrogen-bond donors (Lipinski definition) is 1. The summed E-state index contributed by atoms with van der Waals surface area (Å²) in [4.78, 5) is 14.6. The number of carbonyl (C=O) groups excluding carboxylic acids is 1. The predicted octanol–water partition coefficient (Wildman–Crippen LogP) is 2.70. The Labute approximate surface area is 162 Å². The van der Waals surface area contributed by atoms with Crippen LogP contribution in [0.4, 0.5) is 16.0 Å². The number of aromatic nitrogens is 3. The molecule has 1 amide bonds. The molecule has 0 radical (unpaired) electrons. The van der Waals surface area contributed by atoms with Crippen LogP contribution in [0, 0.1) is 12.7 Å². The fraction of sp³-hybridized carbons (Fsp3) is 0.500. The van der Waals surface area contributed by atoms with Crippen molar-refractivity contribution in [3.63, 3.8) is 0 Å². The minimum Gasteiger partial charge on any atom is -0.378 e. The van der Waals surface area contributed by atoms with Gasteiger partial charge in [-0.1, -0.05) is 17.8 Å². The van der Waals surface area contributed by atoms with Crippen molar-refractivity contribution in [1.82, 2.24) is 14.8 Å². The summed E-state index contributed by atoms with van der Waals surface area (Å²) >= 11 is 1.34. The van der Waals surface area contributed by atoms with E-state index < -0.39 is 5.25 Å². The van der Waals surface area contributed by atoms with Gasteiger partial charge >= 0.3 is 0 Å². The van der Waals surface area contributed by atoms with Gasteiger partial charge in [-0.05, 0) is 38.5 Å². The Morgan fingerprint density at radius 2 is 2.11 bits per heavy atom. The smallest absolute Gasteiger partial charge is 0.237 e. The normalized spacial score (nSPS) is 15.6. The quantitative estimate of drug-likeness (QED) is 0.761. The summed E-state index contributed by atoms with van der Waals surface area (Å²) in [5.41, 5.74) is 0.989. The maximum absolute atomic E-state index is 13.7. The summed E-state index contributed by atoms with van der Waals surface area (Å²) < 4.78 is 21.1. The number of anilines is 2. The lowest BCUT2D eigenvalue weighted by atomic mass is 10.2. The van der Waals surface area contributed by atoms with Gasteiger partial charge in [-0.3, -0.25) is 9.36 Å². The van der Waals surface area contributed by atoms with Crippen molar-refractivity contribution in [2.24, 2.45) is 0 Å². The molecule has 0 spiro atoms. The van der Waals surface area contributed by atoms with Gasteiger partial charge in [0.05, 0.1) is 18.5 Å². The van der Waals surface area contributed by atoms with E-state index in [2.05, 4.69) is 20.4 Å². The molecule has 0 bridgehead atoms. The molecule has 146 valence electrons. The third-order valence-electron chi connectivity index (χ3n) is 4.40. The Morgan fingerprint density at radius 3 is 2.78 bits per heavy atom. The minimum absolute atomic E-state index is 0.207. The van der Waals surface area contributed by atoms with Gasteiger partial charge in [0.25, 0.3) is 0 Å². The zero-order valence-corrected chi connectivity index (χ0v) is 16.6. The molecule has 27 heavy (non-hydrogen) atoms. The van der Waals surface area contributed by atoms with E-state index in [-0.39, 0.29) is 11.7 Å². The number of aryl methyl sites for hydroxylation is 1. The second-order valence-corrected chi connectivity index (χ2v) is 7.65. The van der Waals surface area contributed by atoms with Crippen molar-refractivity contribution in [3.8, 4) is 0 Å². The van der Waals surface area contributed by atoms with Crippen LogP contribution in [-0.2, 0) is 16.1 Å². The van der Waals surface area contributed by atoms with Crippen LogP contribution >= 0.6 is 11.8 Å². The van der Waals surface area contributed by atoms with E-state index >= 15 is 0 Å². The van der Waals surface area contributed by atoms with Crippen molar-refractivity contribution in [2.75, 3.05) is 36.5 Å². The van der Waals surface area contributed by atoms with Crippen molar-refractivity contribution in [1.29, 1.82) is 0 Å². The summed E-state index contributed by atoms with van der Waals surface area (Å²) in [6.45, 7) is 9.11. The standard InChI is InChI=1S/C18H24FN5O2S/c1-4-24-17(23-7-9-26-10-8-23)21-22-18(24)27-13(3)16(25)20-14-6-5-12(2)15(19)11-14/h5-6,11,13H,4,7-10H2,1-3H3,(H,20,25)/t13-/m1/s1. The first-order valence-electron chi connectivity index (χ1n) is 8.99. The molecule has 7 nitrogen and oxygen atoms in total. The number of carbonyl (C=O) groups is 1. The zero-order valence-electron chi connectivity index (χ0n) is 15.7. The summed E-state index contributed by atoms with van der Waals surface area (Å²) in [7, 11) is 0. The Balaban J connectivity index is 1.67. The lowest BCUT2D eigenvalue weighted by Crippen LogP contribution is -2.38. The van der Waals surface area contributed by atoms with Gasteiger partial charge in [-0.2, -0.15) is 0 Å². The van der Waals surface area contributed by atoms with E-state index in [1.165, 1.54) is 17.8 Å². The molecule has 0 saturated carbocycles. The summed E-state index contributed by atoms with van der Waals surface area (Å²) in [5.74, 6) is 0.257. The zero-order chi connectivity index (χ0) is 19.4. The first-order valence-corrected chi connectivity index (χ1v) is 9.87. The lowest BCUT2D eigenvalue weighted by molar-refractivity contribution is -0.115. The number of halogens is 1. The molecule has 1 aliphatic rings. The molecule has 1 atom stereocenters. The third-order valence-corrected chi connectivity index (χ3v) is 5.48. The summed E-state index contributed by atoms with van der Waals surface area (Å²) in [5, 5.41) is 11.6. The van der Waals surface area contributed by atoms with E-state index in [1.54, 1.807) is 26.0 Å². The fourth-order valence-corrected chi connectivity index (χ4v) is 3.68. The van der Waals surface area contributed by atoms with E-state index in [1.807, 2.05) is 11.5 Å². The Hall–Kier alpha value is -2.13. The molecule has 1 saturated heterocycles. The molecule has 1 aromatic heterocycles. The van der Waals surface area contributed by atoms with Crippen LogP contribution in [0.25, 0.3) is 0 Å². The summed E-state index contributed by atoms with van der Waals surface area (Å²) in [6.07, 6.45) is 0. The maximum Gasteiger partial charge on any atom is 0.237 e. The molecular weight excluding hydrogens is 369 g/mol. The van der Waals surface area contributed by atoms with Gasteiger partial charge in [0.15, 0.2) is 5.16 Å². The Kier molecular flexibility index (Phi) is 6.33. The molecule has 3 rings (SSSR count). The van der Waals surface area contributed by atoms with Crippen molar-refractivity contribution >= 4 is 29.3 Å². The first-order chi connectivity index (χ1) is 13.0. The maximum atomic E-state index is 13.7. The topological polar surface area (TPSA) is 72.3 Å². The van der Waals surface area contributed by atoms with Gasteiger partial charge in [0.1, 0.15) is 5.82 Å². The molecule has 9 heteroatoms. The second-order valence-electron chi connectivity index (χ2n) is 6.34. The van der Waals surface area contributed by atoms with Crippen molar-refractivity contribution < 1.29 is 13.9 Å². The van der Waals surface area contributed by atoms with Crippen molar-refractivity contribution in [3.05, 3.63) is 29.6 Å². The van der Waals surface area contributed by atoms with Crippen LogP contribution in [0.15, 0.2) is 23.4 Å². The lowest BCUT2D eigenvalue weighted by Gasteiger charge is -2.27. The highest BCUT2D eigenvalue weighted by Crippen LogP contribution is 2.27. The van der Waals surface area contributed by atoms with Crippen LogP contribution in [0.3, 0.4) is 0 Å². The number of morpholine rings is 1. The van der Waals surface area contributed by atoms with Crippen LogP contribution < -0.4 is 10.2 Å². The van der Waals surface area contributed by atoms with Gasteiger partial charge in [0.2, 0.25) is 11.9 Å². The van der Waals surface area contributed by atoms with E-state index in [9.17, 15) is 9.18 Å². The third kappa shape index (κ3) is 4.59. The molecule has 2 heterocycles. The number of nitrogens with zero attached hydrogens (tertiary/aromatic N) is 4. The van der Waals surface area contributed by atoms with Gasteiger partial charge < -0.3 is 15.0 Å². The number of ether oxygens (including phenoxy) is 1. The first kappa shape index (κ1) is 19.6. The average molecular weight is 393 g/mol. The van der Waals surface area contributed by atoms with Crippen molar-refractivity contribution in [2.45, 2.75) is 37.7 Å². The SMILES string of the molecule is CCn1c(S[C@H](C)C(=O)Nc2ccc(C)c(F)c2)nnc1N1CCOCC1. The molecule has 0 unspecified atom stereocenters. The van der Waals surface area contributed by atoms with Crippen LogP contribution in [0.2, 0.25) is 0 Å². The number of rotatable bonds is 6. The Bertz CT molecular complexity index is 807. The van der Waals surface area contributed by atoms with Gasteiger partial charge in [-0.25, -0.2) is 4.39 Å². The fourth-order valence-electron chi connectivity index (χ4n) is 2.77. The summed E-state index contributed by atoms with van der Waals surface area (Å²) in [6, 6.07) is 4.67. The monoisotopic (exact) mass is 393 g/mol. The molecule has 1 fully saturated rings. The highest BCUT2D eigenvalue weighted by molar-refractivity contribution is 8.00. The number of benzene rings is 1. The molecule has 0 aliphatic carbocycles. The largest absolute Gasteiger partial charge is 0.378 e. The van der Waals surface area contributed by atoms with E-state index in [0.29, 0.717) is 36.2 Å². The van der Waals surface area contributed by atoms with Crippen LogP contribution in [0.5, 0.6) is 0 Å². The number of thioether (sulfide) groups is 1. The van der Waals surface area contributed by atoms with Gasteiger partial charge in [0, 0.05) is 25.3 Å². The molecule has 1 aromatic carbocycles. The van der Waals surface area contributed by atoms with Crippen LogP contribution in [0.1, 0.15) is 19.4 Å². The predicted molar refractivity (Wildman–Crippen MR) is 104 cm³/mol. The highest BCUT2D eigenvalue weighted by atomic mass is 32.2. The molecular formula is C18H24FN5O2S. The average Bonchev–Trinajstić information content (AvgIpc) is 3.08. The van der Waals surface area contributed by atoms with Crippen LogP contribution in [-0.4, -0.2) is 52.2 Å². The second kappa shape index (κ2) is 8.71. The minimum atomic E-state index is -0.401. The molecule has 1 N–H and O–H groups in total. The molecule has 1 aliphatic heterocycles. The Morgan fingerprint density at radius 1 is 1.37 bits per heavy atom.